The molecule has 1 fully saturated rings. The number of nitrogen functional groups attached to an aromatic ring is 1. The molecule has 41 heavy (non-hydrogen) atoms. The van der Waals surface area contributed by atoms with Gasteiger partial charge in [0.25, 0.3) is 0 Å². The van der Waals surface area contributed by atoms with Gasteiger partial charge in [-0.05, 0) is 37.5 Å². The number of hydrogen-bond acceptors (Lipinski definition) is 5. The number of anilines is 2. The number of nitrogens with two attached hydrogens (primary N) is 1. The van der Waals surface area contributed by atoms with Gasteiger partial charge in [0.2, 0.25) is 0 Å². The molecule has 7 heteroatoms. The van der Waals surface area contributed by atoms with Crippen molar-refractivity contribution in [2.45, 2.75) is 51.9 Å². The SMILES string of the molecule is C=C/C=C(/c1ccccc1F)c1nc(Cc2cc(-c3cncc(NC(=C)CC4CCCCC4)c3)cnc2N)[nH]c1C. The lowest BCUT2D eigenvalue weighted by Crippen LogP contribution is -2.10. The molecule has 210 valence electrons. The molecule has 1 saturated carbocycles. The van der Waals surface area contributed by atoms with Gasteiger partial charge in [-0.2, -0.15) is 0 Å². The van der Waals surface area contributed by atoms with E-state index < -0.39 is 0 Å². The summed E-state index contributed by atoms with van der Waals surface area (Å²) in [5, 5.41) is 3.46. The Morgan fingerprint density at radius 2 is 1.90 bits per heavy atom. The Balaban J connectivity index is 1.35. The third kappa shape index (κ3) is 6.80. The fourth-order valence-electron chi connectivity index (χ4n) is 5.62. The van der Waals surface area contributed by atoms with Gasteiger partial charge in [0.15, 0.2) is 0 Å². The number of halogens is 1. The quantitative estimate of drug-likeness (QED) is 0.175. The first-order valence-electron chi connectivity index (χ1n) is 14.2. The summed E-state index contributed by atoms with van der Waals surface area (Å²) in [4.78, 5) is 17.1. The number of nitrogens with one attached hydrogen (secondary N) is 2. The molecule has 1 aliphatic rings. The zero-order chi connectivity index (χ0) is 28.8. The average molecular weight is 549 g/mol. The molecule has 5 rings (SSSR count). The van der Waals surface area contributed by atoms with Crippen LogP contribution in [0.3, 0.4) is 0 Å². The molecule has 0 saturated heterocycles. The number of imidazole rings is 1. The van der Waals surface area contributed by atoms with Crippen LogP contribution in [0.15, 0.2) is 86.0 Å². The van der Waals surface area contributed by atoms with Crippen LogP contribution >= 0.6 is 0 Å². The van der Waals surface area contributed by atoms with Crippen molar-refractivity contribution >= 4 is 17.1 Å². The maximum Gasteiger partial charge on any atom is 0.131 e. The summed E-state index contributed by atoms with van der Waals surface area (Å²) >= 11 is 0. The molecular formula is C34H37FN6. The van der Waals surface area contributed by atoms with Gasteiger partial charge < -0.3 is 16.0 Å². The Bertz CT molecular complexity index is 1580. The molecule has 0 atom stereocenters. The second kappa shape index (κ2) is 12.8. The maximum atomic E-state index is 14.6. The number of H-pyrrole nitrogens is 1. The largest absolute Gasteiger partial charge is 0.383 e. The second-order valence-corrected chi connectivity index (χ2v) is 10.8. The van der Waals surface area contributed by atoms with E-state index in [1.54, 1.807) is 30.5 Å². The fourth-order valence-corrected chi connectivity index (χ4v) is 5.62. The topological polar surface area (TPSA) is 92.5 Å². The number of rotatable bonds is 10. The number of benzene rings is 1. The van der Waals surface area contributed by atoms with Crippen molar-refractivity contribution in [1.82, 2.24) is 19.9 Å². The van der Waals surface area contributed by atoms with E-state index in [4.69, 9.17) is 10.7 Å². The van der Waals surface area contributed by atoms with E-state index in [0.29, 0.717) is 40.8 Å². The first kappa shape index (κ1) is 28.0. The maximum absolute atomic E-state index is 14.6. The van der Waals surface area contributed by atoms with Gasteiger partial charge in [0.1, 0.15) is 17.5 Å². The minimum atomic E-state index is -0.311. The highest BCUT2D eigenvalue weighted by molar-refractivity contribution is 5.80. The van der Waals surface area contributed by atoms with E-state index in [2.05, 4.69) is 39.5 Å². The number of allylic oxidation sites excluding steroid dienone is 3. The van der Waals surface area contributed by atoms with Crippen molar-refractivity contribution in [3.8, 4) is 11.1 Å². The molecule has 4 N–H and O–H groups in total. The number of pyridine rings is 2. The van der Waals surface area contributed by atoms with Gasteiger partial charge in [0.05, 0.1) is 17.6 Å². The summed E-state index contributed by atoms with van der Waals surface area (Å²) in [6.45, 7) is 10.00. The first-order chi connectivity index (χ1) is 19.9. The molecule has 1 aliphatic carbocycles. The van der Waals surface area contributed by atoms with Crippen LogP contribution in [-0.2, 0) is 6.42 Å². The summed E-state index contributed by atoms with van der Waals surface area (Å²) in [6.07, 6.45) is 16.8. The number of aromatic amines is 1. The van der Waals surface area contributed by atoms with Crippen LogP contribution < -0.4 is 11.1 Å². The molecule has 0 spiro atoms. The highest BCUT2D eigenvalue weighted by Gasteiger charge is 2.18. The lowest BCUT2D eigenvalue weighted by molar-refractivity contribution is 0.357. The lowest BCUT2D eigenvalue weighted by atomic mass is 9.86. The minimum absolute atomic E-state index is 0.311. The van der Waals surface area contributed by atoms with Crippen LogP contribution in [0.5, 0.6) is 0 Å². The summed E-state index contributed by atoms with van der Waals surface area (Å²) in [6, 6.07) is 10.7. The predicted octanol–water partition coefficient (Wildman–Crippen LogP) is 8.00. The molecule has 4 aromatic rings. The molecule has 3 aromatic heterocycles. The van der Waals surface area contributed by atoms with Crippen LogP contribution in [0, 0.1) is 18.7 Å². The van der Waals surface area contributed by atoms with Crippen LogP contribution in [0.4, 0.5) is 15.9 Å². The summed E-state index contributed by atoms with van der Waals surface area (Å²) in [7, 11) is 0. The van der Waals surface area contributed by atoms with Crippen molar-refractivity contribution in [2.24, 2.45) is 5.92 Å². The third-order valence-corrected chi connectivity index (χ3v) is 7.65. The van der Waals surface area contributed by atoms with Crippen molar-refractivity contribution in [2.75, 3.05) is 11.1 Å². The molecule has 3 heterocycles. The number of aryl methyl sites for hydroxylation is 1. The normalized spacial score (nSPS) is 14.1. The van der Waals surface area contributed by atoms with Crippen LogP contribution in [-0.4, -0.2) is 19.9 Å². The second-order valence-electron chi connectivity index (χ2n) is 10.8. The summed E-state index contributed by atoms with van der Waals surface area (Å²) < 4.78 is 14.6. The highest BCUT2D eigenvalue weighted by atomic mass is 19.1. The van der Waals surface area contributed by atoms with Crippen molar-refractivity contribution in [1.29, 1.82) is 0 Å². The predicted molar refractivity (Wildman–Crippen MR) is 166 cm³/mol. The minimum Gasteiger partial charge on any atom is -0.383 e. The Kier molecular flexibility index (Phi) is 8.73. The zero-order valence-corrected chi connectivity index (χ0v) is 23.6. The standard InChI is InChI=1S/C34H37FN6/c1-4-10-30(29-13-8-9-14-31(29)35)33-23(3)40-32(41-33)18-25-16-26(20-38-34(25)36)27-17-28(21-37-19-27)39-22(2)15-24-11-6-5-7-12-24/h4,8-10,13-14,16-17,19-21,24,39H,1-2,5-7,11-12,15,18H2,3H3,(H2,36,38)(H,40,41)/b30-10-. The van der Waals surface area contributed by atoms with Gasteiger partial charge in [-0.1, -0.05) is 75.6 Å². The van der Waals surface area contributed by atoms with Crippen molar-refractivity contribution in [3.05, 3.63) is 120 Å². The number of aromatic nitrogens is 4. The fraction of sp³-hybridized carbons (Fsp3) is 0.265. The number of nitrogens with zero attached hydrogens (tertiary/aromatic N) is 3. The molecule has 0 unspecified atom stereocenters. The van der Waals surface area contributed by atoms with Crippen LogP contribution in [0.2, 0.25) is 0 Å². The Hall–Kier alpha value is -4.52. The third-order valence-electron chi connectivity index (χ3n) is 7.65. The molecule has 1 aromatic carbocycles. The van der Waals surface area contributed by atoms with Gasteiger partial charge in [-0.15, -0.1) is 0 Å². The molecule has 0 radical (unpaired) electrons. The van der Waals surface area contributed by atoms with Gasteiger partial charge in [-0.3, -0.25) is 4.98 Å². The monoisotopic (exact) mass is 548 g/mol. The Labute approximate surface area is 241 Å². The summed E-state index contributed by atoms with van der Waals surface area (Å²) in [5.41, 5.74) is 13.5. The van der Waals surface area contributed by atoms with E-state index in [1.165, 1.54) is 38.2 Å². The highest BCUT2D eigenvalue weighted by Crippen LogP contribution is 2.31. The van der Waals surface area contributed by atoms with Crippen LogP contribution in [0.25, 0.3) is 16.7 Å². The van der Waals surface area contributed by atoms with E-state index in [9.17, 15) is 4.39 Å². The molecular weight excluding hydrogens is 511 g/mol. The Morgan fingerprint density at radius 3 is 2.68 bits per heavy atom. The van der Waals surface area contributed by atoms with E-state index in [-0.39, 0.29) is 5.82 Å². The average Bonchev–Trinajstić information content (AvgIpc) is 3.33. The molecule has 0 amide bonds. The van der Waals surface area contributed by atoms with Crippen LogP contribution in [0.1, 0.15) is 66.9 Å². The summed E-state index contributed by atoms with van der Waals surface area (Å²) in [5.74, 6) is 1.54. The number of hydrogen-bond donors (Lipinski definition) is 3. The molecule has 6 nitrogen and oxygen atoms in total. The van der Waals surface area contributed by atoms with E-state index >= 15 is 0 Å². The van der Waals surface area contributed by atoms with E-state index in [1.807, 2.05) is 31.5 Å². The van der Waals surface area contributed by atoms with Gasteiger partial charge in [0, 0.05) is 58.0 Å². The zero-order valence-electron chi connectivity index (χ0n) is 23.6. The Morgan fingerprint density at radius 1 is 1.12 bits per heavy atom. The van der Waals surface area contributed by atoms with Crippen molar-refractivity contribution < 1.29 is 4.39 Å². The molecule has 0 bridgehead atoms. The smallest absolute Gasteiger partial charge is 0.131 e. The van der Waals surface area contributed by atoms with Gasteiger partial charge in [-0.25, -0.2) is 14.4 Å². The van der Waals surface area contributed by atoms with E-state index in [0.717, 1.165) is 40.2 Å². The lowest BCUT2D eigenvalue weighted by Gasteiger charge is -2.23. The van der Waals surface area contributed by atoms with Crippen molar-refractivity contribution in [3.63, 3.8) is 0 Å². The first-order valence-corrected chi connectivity index (χ1v) is 14.2. The van der Waals surface area contributed by atoms with Gasteiger partial charge >= 0.3 is 0 Å². The molecule has 0 aliphatic heterocycles.